The van der Waals surface area contributed by atoms with Crippen LogP contribution >= 0.6 is 0 Å². The predicted molar refractivity (Wildman–Crippen MR) is 71.5 cm³/mol. The Balaban J connectivity index is 1.77. The first kappa shape index (κ1) is 11.7. The van der Waals surface area contributed by atoms with Gasteiger partial charge in [0.25, 0.3) is 5.91 Å². The molecule has 0 unspecified atom stereocenters. The highest BCUT2D eigenvalue weighted by Crippen LogP contribution is 2.27. The molecule has 1 fully saturated rings. The van der Waals surface area contributed by atoms with Crippen molar-refractivity contribution in [3.8, 4) is 0 Å². The van der Waals surface area contributed by atoms with Gasteiger partial charge in [-0.05, 0) is 48.9 Å². The molecule has 1 aromatic carbocycles. The second-order valence-electron chi connectivity index (χ2n) is 5.62. The third kappa shape index (κ3) is 2.15. The summed E-state index contributed by atoms with van der Waals surface area (Å²) >= 11 is 0. The topological polar surface area (TPSA) is 41.1 Å². The van der Waals surface area contributed by atoms with Gasteiger partial charge in [0, 0.05) is 18.2 Å². The van der Waals surface area contributed by atoms with E-state index in [1.54, 1.807) is 0 Å². The molecule has 1 amide bonds. The third-order valence-corrected chi connectivity index (χ3v) is 4.09. The lowest BCUT2D eigenvalue weighted by molar-refractivity contribution is 0.0895. The smallest absolute Gasteiger partial charge is 0.251 e. The van der Waals surface area contributed by atoms with Crippen molar-refractivity contribution in [1.29, 1.82) is 0 Å². The second kappa shape index (κ2) is 4.73. The predicted octanol–water partition coefficient (Wildman–Crippen LogP) is 1.86. The zero-order chi connectivity index (χ0) is 12.5. The first-order valence-electron chi connectivity index (χ1n) is 6.86. The summed E-state index contributed by atoms with van der Waals surface area (Å²) in [5.41, 5.74) is 3.39. The van der Waals surface area contributed by atoms with Gasteiger partial charge < -0.3 is 10.6 Å². The van der Waals surface area contributed by atoms with Crippen molar-refractivity contribution >= 4 is 5.91 Å². The van der Waals surface area contributed by atoms with E-state index in [0.717, 1.165) is 43.8 Å². The Morgan fingerprint density at radius 2 is 2.22 bits per heavy atom. The van der Waals surface area contributed by atoms with Crippen LogP contribution in [0.5, 0.6) is 0 Å². The molecular formula is C15H20N2O. The number of carbonyl (C=O) groups excluding carboxylic acids is 1. The molecule has 96 valence electrons. The Kier molecular flexibility index (Phi) is 3.08. The Labute approximate surface area is 108 Å². The quantitative estimate of drug-likeness (QED) is 0.833. The number of rotatable bonds is 2. The number of benzene rings is 1. The summed E-state index contributed by atoms with van der Waals surface area (Å²) in [5.74, 6) is 0.884. The maximum absolute atomic E-state index is 12.3. The number of fused-ring (bicyclic) bond motifs is 1. The van der Waals surface area contributed by atoms with Crippen molar-refractivity contribution in [1.82, 2.24) is 10.6 Å². The monoisotopic (exact) mass is 244 g/mol. The van der Waals surface area contributed by atoms with E-state index < -0.39 is 0 Å². The molecule has 1 saturated carbocycles. The normalized spacial score (nSPS) is 26.1. The molecular weight excluding hydrogens is 224 g/mol. The van der Waals surface area contributed by atoms with E-state index >= 15 is 0 Å². The summed E-state index contributed by atoms with van der Waals surface area (Å²) in [6.45, 7) is 4.09. The van der Waals surface area contributed by atoms with Crippen LogP contribution < -0.4 is 10.6 Å². The van der Waals surface area contributed by atoms with Crippen LogP contribution in [0.3, 0.4) is 0 Å². The average Bonchev–Trinajstić information content (AvgIpc) is 2.36. The van der Waals surface area contributed by atoms with Crippen molar-refractivity contribution in [2.24, 2.45) is 5.92 Å². The summed E-state index contributed by atoms with van der Waals surface area (Å²) in [5, 5.41) is 6.50. The highest BCUT2D eigenvalue weighted by atomic mass is 16.1. The fourth-order valence-electron chi connectivity index (χ4n) is 3.03. The van der Waals surface area contributed by atoms with Crippen LogP contribution in [0.1, 0.15) is 41.3 Å². The molecule has 2 N–H and O–H groups in total. The van der Waals surface area contributed by atoms with Crippen LogP contribution in [-0.4, -0.2) is 18.5 Å². The SMILES string of the molecule is CC1CC(NC(=O)c2cccc3c2CCNC3)C1. The van der Waals surface area contributed by atoms with Crippen LogP contribution in [0.15, 0.2) is 18.2 Å². The lowest BCUT2D eigenvalue weighted by atomic mass is 9.81. The average molecular weight is 244 g/mol. The lowest BCUT2D eigenvalue weighted by Crippen LogP contribution is -2.44. The molecule has 2 aliphatic rings. The number of carbonyl (C=O) groups is 1. The first-order chi connectivity index (χ1) is 8.74. The van der Waals surface area contributed by atoms with Gasteiger partial charge in [0.2, 0.25) is 0 Å². The van der Waals surface area contributed by atoms with Gasteiger partial charge in [-0.3, -0.25) is 4.79 Å². The van der Waals surface area contributed by atoms with Crippen molar-refractivity contribution in [2.45, 2.75) is 38.8 Å². The standard InChI is InChI=1S/C15H20N2O/c1-10-7-12(8-10)17-15(18)14-4-2-3-11-9-16-6-5-13(11)14/h2-4,10,12,16H,5-9H2,1H3,(H,17,18). The summed E-state index contributed by atoms with van der Waals surface area (Å²) in [6.07, 6.45) is 3.21. The van der Waals surface area contributed by atoms with Crippen molar-refractivity contribution in [3.63, 3.8) is 0 Å². The van der Waals surface area contributed by atoms with Gasteiger partial charge in [0.05, 0.1) is 0 Å². The molecule has 1 aromatic rings. The minimum atomic E-state index is 0.116. The van der Waals surface area contributed by atoms with Crippen molar-refractivity contribution in [2.75, 3.05) is 6.54 Å². The third-order valence-electron chi connectivity index (χ3n) is 4.09. The molecule has 3 rings (SSSR count). The minimum absolute atomic E-state index is 0.116. The molecule has 0 spiro atoms. The Morgan fingerprint density at radius 3 is 3.00 bits per heavy atom. The molecule has 1 aliphatic carbocycles. The molecule has 3 nitrogen and oxygen atoms in total. The van der Waals surface area contributed by atoms with Gasteiger partial charge in [-0.25, -0.2) is 0 Å². The van der Waals surface area contributed by atoms with Crippen LogP contribution in [0, 0.1) is 5.92 Å². The van der Waals surface area contributed by atoms with E-state index in [4.69, 9.17) is 0 Å². The Morgan fingerprint density at radius 1 is 1.39 bits per heavy atom. The van der Waals surface area contributed by atoms with Crippen LogP contribution in [0.2, 0.25) is 0 Å². The van der Waals surface area contributed by atoms with E-state index in [1.807, 2.05) is 12.1 Å². The van der Waals surface area contributed by atoms with Crippen LogP contribution in [0.4, 0.5) is 0 Å². The van der Waals surface area contributed by atoms with Gasteiger partial charge >= 0.3 is 0 Å². The van der Waals surface area contributed by atoms with Gasteiger partial charge in [-0.1, -0.05) is 19.1 Å². The van der Waals surface area contributed by atoms with Crippen LogP contribution in [0.25, 0.3) is 0 Å². The highest BCUT2D eigenvalue weighted by molar-refractivity contribution is 5.96. The molecule has 1 heterocycles. The van der Waals surface area contributed by atoms with Gasteiger partial charge in [0.15, 0.2) is 0 Å². The van der Waals surface area contributed by atoms with Crippen molar-refractivity contribution in [3.05, 3.63) is 34.9 Å². The van der Waals surface area contributed by atoms with E-state index in [2.05, 4.69) is 23.6 Å². The largest absolute Gasteiger partial charge is 0.349 e. The van der Waals surface area contributed by atoms with E-state index in [0.29, 0.717) is 6.04 Å². The highest BCUT2D eigenvalue weighted by Gasteiger charge is 2.27. The molecule has 3 heteroatoms. The molecule has 0 bridgehead atoms. The number of amides is 1. The molecule has 0 atom stereocenters. The lowest BCUT2D eigenvalue weighted by Gasteiger charge is -2.33. The molecule has 1 aliphatic heterocycles. The van der Waals surface area contributed by atoms with E-state index in [1.165, 1.54) is 11.1 Å². The Bertz CT molecular complexity index is 464. The minimum Gasteiger partial charge on any atom is -0.349 e. The molecule has 0 aromatic heterocycles. The zero-order valence-electron chi connectivity index (χ0n) is 10.8. The first-order valence-corrected chi connectivity index (χ1v) is 6.86. The van der Waals surface area contributed by atoms with Crippen LogP contribution in [-0.2, 0) is 13.0 Å². The molecule has 18 heavy (non-hydrogen) atoms. The molecule has 0 radical (unpaired) electrons. The maximum atomic E-state index is 12.3. The van der Waals surface area contributed by atoms with E-state index in [9.17, 15) is 4.79 Å². The summed E-state index contributed by atoms with van der Waals surface area (Å²) < 4.78 is 0. The molecule has 0 saturated heterocycles. The van der Waals surface area contributed by atoms with E-state index in [-0.39, 0.29) is 5.91 Å². The zero-order valence-corrected chi connectivity index (χ0v) is 10.8. The number of hydrogen-bond donors (Lipinski definition) is 2. The second-order valence-corrected chi connectivity index (χ2v) is 5.62. The fraction of sp³-hybridized carbons (Fsp3) is 0.533. The number of nitrogens with one attached hydrogen (secondary N) is 2. The summed E-state index contributed by atoms with van der Waals surface area (Å²) in [6, 6.07) is 6.46. The van der Waals surface area contributed by atoms with Gasteiger partial charge in [-0.2, -0.15) is 0 Å². The van der Waals surface area contributed by atoms with Crippen molar-refractivity contribution < 1.29 is 4.79 Å². The summed E-state index contributed by atoms with van der Waals surface area (Å²) in [4.78, 5) is 12.3. The fourth-order valence-corrected chi connectivity index (χ4v) is 3.03. The van der Waals surface area contributed by atoms with Gasteiger partial charge in [-0.15, -0.1) is 0 Å². The number of hydrogen-bond acceptors (Lipinski definition) is 2. The summed E-state index contributed by atoms with van der Waals surface area (Å²) in [7, 11) is 0. The maximum Gasteiger partial charge on any atom is 0.251 e. The Hall–Kier alpha value is -1.35. The van der Waals surface area contributed by atoms with Gasteiger partial charge in [0.1, 0.15) is 0 Å².